The third-order valence-corrected chi connectivity index (χ3v) is 2.27. The van der Waals surface area contributed by atoms with Crippen molar-refractivity contribution in [3.63, 3.8) is 0 Å². The van der Waals surface area contributed by atoms with Crippen molar-refractivity contribution in [1.82, 2.24) is 0 Å². The number of carbonyl (C=O) groups is 1. The van der Waals surface area contributed by atoms with Crippen molar-refractivity contribution in [1.29, 1.82) is 0 Å². The Morgan fingerprint density at radius 3 is 2.67 bits per heavy atom. The van der Waals surface area contributed by atoms with E-state index in [0.29, 0.717) is 18.5 Å². The maximum Gasteiger partial charge on any atom is 0.303 e. The summed E-state index contributed by atoms with van der Waals surface area (Å²) in [7, 11) is 0. The largest absolute Gasteiger partial charge is 0.481 e. The molecule has 1 unspecified atom stereocenters. The molecule has 15 heavy (non-hydrogen) atoms. The molecule has 1 rings (SSSR count). The third-order valence-electron chi connectivity index (χ3n) is 2.27. The molecule has 1 aromatic rings. The van der Waals surface area contributed by atoms with Crippen LogP contribution in [0.15, 0.2) is 24.3 Å². The molecule has 0 bridgehead atoms. The molecule has 0 aliphatic heterocycles. The number of hydrogen-bond acceptors (Lipinski definition) is 3. The van der Waals surface area contributed by atoms with Gasteiger partial charge in [0.05, 0.1) is 0 Å². The molecule has 0 saturated carbocycles. The quantitative estimate of drug-likeness (QED) is 0.630. The van der Waals surface area contributed by atoms with Gasteiger partial charge in [0.15, 0.2) is 0 Å². The van der Waals surface area contributed by atoms with Crippen LogP contribution in [0, 0.1) is 0 Å². The van der Waals surface area contributed by atoms with Crippen LogP contribution in [0.25, 0.3) is 0 Å². The average molecular weight is 208 g/mol. The second kappa shape index (κ2) is 5.36. The van der Waals surface area contributed by atoms with E-state index in [4.69, 9.17) is 16.6 Å². The van der Waals surface area contributed by atoms with E-state index in [1.54, 1.807) is 0 Å². The SMILES string of the molecule is Nc1ccccc1CC(N)CCC(=O)O. The Labute approximate surface area is 88.9 Å². The summed E-state index contributed by atoms with van der Waals surface area (Å²) >= 11 is 0. The van der Waals surface area contributed by atoms with E-state index < -0.39 is 5.97 Å². The number of hydrogen-bond donors (Lipinski definition) is 3. The zero-order chi connectivity index (χ0) is 11.3. The summed E-state index contributed by atoms with van der Waals surface area (Å²) in [6.07, 6.45) is 1.21. The highest BCUT2D eigenvalue weighted by Crippen LogP contribution is 2.13. The lowest BCUT2D eigenvalue weighted by molar-refractivity contribution is -0.137. The van der Waals surface area contributed by atoms with Gasteiger partial charge in [-0.1, -0.05) is 18.2 Å². The first-order chi connectivity index (χ1) is 7.09. The highest BCUT2D eigenvalue weighted by atomic mass is 16.4. The first kappa shape index (κ1) is 11.5. The molecule has 0 spiro atoms. The molecule has 4 heteroatoms. The fraction of sp³-hybridized carbons (Fsp3) is 0.364. The molecule has 4 nitrogen and oxygen atoms in total. The van der Waals surface area contributed by atoms with Crippen molar-refractivity contribution >= 4 is 11.7 Å². The van der Waals surface area contributed by atoms with Gasteiger partial charge in [-0.3, -0.25) is 4.79 Å². The zero-order valence-corrected chi connectivity index (χ0v) is 8.52. The van der Waals surface area contributed by atoms with Crippen molar-refractivity contribution in [2.45, 2.75) is 25.3 Å². The first-order valence-corrected chi connectivity index (χ1v) is 4.90. The molecular weight excluding hydrogens is 192 g/mol. The summed E-state index contributed by atoms with van der Waals surface area (Å²) in [5.74, 6) is -0.813. The minimum Gasteiger partial charge on any atom is -0.481 e. The summed E-state index contributed by atoms with van der Waals surface area (Å²) in [5.41, 5.74) is 13.3. The van der Waals surface area contributed by atoms with Crippen LogP contribution in [0.2, 0.25) is 0 Å². The van der Waals surface area contributed by atoms with E-state index >= 15 is 0 Å². The second-order valence-electron chi connectivity index (χ2n) is 3.60. The molecule has 5 N–H and O–H groups in total. The fourth-order valence-electron chi connectivity index (χ4n) is 1.41. The fourth-order valence-corrected chi connectivity index (χ4v) is 1.41. The van der Waals surface area contributed by atoms with Crippen LogP contribution in [-0.2, 0) is 11.2 Å². The normalized spacial score (nSPS) is 12.3. The number of anilines is 1. The minimum atomic E-state index is -0.813. The molecule has 82 valence electrons. The van der Waals surface area contributed by atoms with Crippen molar-refractivity contribution in [3.8, 4) is 0 Å². The number of rotatable bonds is 5. The standard InChI is InChI=1S/C11H16N2O2/c12-9(5-6-11(14)15)7-8-3-1-2-4-10(8)13/h1-4,9H,5-7,12-13H2,(H,14,15). The van der Waals surface area contributed by atoms with E-state index in [-0.39, 0.29) is 12.5 Å². The maximum atomic E-state index is 10.3. The number of para-hydroxylation sites is 1. The Bertz CT molecular complexity index is 339. The van der Waals surface area contributed by atoms with Crippen LogP contribution in [0.1, 0.15) is 18.4 Å². The number of benzene rings is 1. The molecule has 0 radical (unpaired) electrons. The van der Waals surface area contributed by atoms with Gasteiger partial charge in [0.1, 0.15) is 0 Å². The molecule has 1 atom stereocenters. The Balaban J connectivity index is 2.47. The molecule has 0 heterocycles. The second-order valence-corrected chi connectivity index (χ2v) is 3.60. The van der Waals surface area contributed by atoms with Gasteiger partial charge in [-0.2, -0.15) is 0 Å². The van der Waals surface area contributed by atoms with Gasteiger partial charge in [-0.05, 0) is 24.5 Å². The van der Waals surface area contributed by atoms with Crippen molar-refractivity contribution in [2.75, 3.05) is 5.73 Å². The van der Waals surface area contributed by atoms with Gasteiger partial charge in [0.2, 0.25) is 0 Å². The lowest BCUT2D eigenvalue weighted by atomic mass is 10.0. The molecule has 1 aromatic carbocycles. The van der Waals surface area contributed by atoms with Gasteiger partial charge in [0.25, 0.3) is 0 Å². The van der Waals surface area contributed by atoms with Crippen molar-refractivity contribution in [3.05, 3.63) is 29.8 Å². The van der Waals surface area contributed by atoms with Gasteiger partial charge < -0.3 is 16.6 Å². The van der Waals surface area contributed by atoms with Gasteiger partial charge in [0, 0.05) is 18.2 Å². The van der Waals surface area contributed by atoms with Crippen molar-refractivity contribution < 1.29 is 9.90 Å². The molecule has 0 aromatic heterocycles. The Morgan fingerprint density at radius 1 is 1.40 bits per heavy atom. The summed E-state index contributed by atoms with van der Waals surface area (Å²) in [5, 5.41) is 8.50. The molecule has 0 fully saturated rings. The zero-order valence-electron chi connectivity index (χ0n) is 8.52. The van der Waals surface area contributed by atoms with Crippen LogP contribution >= 0.6 is 0 Å². The van der Waals surface area contributed by atoms with E-state index in [0.717, 1.165) is 5.56 Å². The average Bonchev–Trinajstić information content (AvgIpc) is 2.18. The summed E-state index contributed by atoms with van der Waals surface area (Å²) < 4.78 is 0. The lowest BCUT2D eigenvalue weighted by Gasteiger charge is -2.11. The van der Waals surface area contributed by atoms with E-state index in [1.807, 2.05) is 24.3 Å². The van der Waals surface area contributed by atoms with Crippen LogP contribution in [0.4, 0.5) is 5.69 Å². The van der Waals surface area contributed by atoms with Gasteiger partial charge >= 0.3 is 5.97 Å². The number of carboxylic acids is 1. The molecule has 0 saturated heterocycles. The van der Waals surface area contributed by atoms with E-state index in [1.165, 1.54) is 0 Å². The van der Waals surface area contributed by atoms with E-state index in [9.17, 15) is 4.79 Å². The highest BCUT2D eigenvalue weighted by molar-refractivity contribution is 5.66. The molecule has 0 amide bonds. The molecular formula is C11H16N2O2. The predicted molar refractivity (Wildman–Crippen MR) is 59.4 cm³/mol. The van der Waals surface area contributed by atoms with E-state index in [2.05, 4.69) is 0 Å². The first-order valence-electron chi connectivity index (χ1n) is 4.90. The van der Waals surface area contributed by atoms with Crippen LogP contribution in [-0.4, -0.2) is 17.1 Å². The Hall–Kier alpha value is -1.55. The minimum absolute atomic E-state index is 0.105. The topological polar surface area (TPSA) is 89.3 Å². The molecule has 0 aliphatic rings. The van der Waals surface area contributed by atoms with Crippen LogP contribution in [0.3, 0.4) is 0 Å². The number of aliphatic carboxylic acids is 1. The van der Waals surface area contributed by atoms with Crippen LogP contribution < -0.4 is 11.5 Å². The lowest BCUT2D eigenvalue weighted by Crippen LogP contribution is -2.24. The summed E-state index contributed by atoms with van der Waals surface area (Å²) in [6.45, 7) is 0. The number of nitrogen functional groups attached to an aromatic ring is 1. The Kier molecular flexibility index (Phi) is 4.12. The third kappa shape index (κ3) is 3.99. The Morgan fingerprint density at radius 2 is 2.07 bits per heavy atom. The smallest absolute Gasteiger partial charge is 0.303 e. The number of carboxylic acid groups (broad SMARTS) is 1. The maximum absolute atomic E-state index is 10.3. The van der Waals surface area contributed by atoms with Gasteiger partial charge in [-0.15, -0.1) is 0 Å². The molecule has 0 aliphatic carbocycles. The monoisotopic (exact) mass is 208 g/mol. The summed E-state index contributed by atoms with van der Waals surface area (Å²) in [4.78, 5) is 10.3. The highest BCUT2D eigenvalue weighted by Gasteiger charge is 2.08. The van der Waals surface area contributed by atoms with Crippen LogP contribution in [0.5, 0.6) is 0 Å². The van der Waals surface area contributed by atoms with Crippen molar-refractivity contribution in [2.24, 2.45) is 5.73 Å². The number of nitrogens with two attached hydrogens (primary N) is 2. The van der Waals surface area contributed by atoms with Gasteiger partial charge in [-0.25, -0.2) is 0 Å². The summed E-state index contributed by atoms with van der Waals surface area (Å²) in [6, 6.07) is 7.35. The predicted octanol–water partition coefficient (Wildman–Crippen LogP) is 1.00.